The van der Waals surface area contributed by atoms with Gasteiger partial charge in [0, 0.05) is 18.3 Å². The van der Waals surface area contributed by atoms with Crippen LogP contribution in [0.25, 0.3) is 0 Å². The number of rotatable bonds is 10. The van der Waals surface area contributed by atoms with E-state index in [0.29, 0.717) is 11.8 Å². The number of halogens is 1. The summed E-state index contributed by atoms with van der Waals surface area (Å²) in [6.07, 6.45) is 13.4. The molecule has 1 fully saturated rings. The summed E-state index contributed by atoms with van der Waals surface area (Å²) in [4.78, 5) is 11.8. The molecule has 0 spiro atoms. The summed E-state index contributed by atoms with van der Waals surface area (Å²) < 4.78 is 0. The van der Waals surface area contributed by atoms with Crippen molar-refractivity contribution < 1.29 is 4.79 Å². The molecule has 0 saturated heterocycles. The van der Waals surface area contributed by atoms with E-state index in [1.165, 1.54) is 57.8 Å². The molecular formula is C16H30BrNO. The zero-order valence-corrected chi connectivity index (χ0v) is 14.1. The van der Waals surface area contributed by atoms with Gasteiger partial charge in [-0.2, -0.15) is 0 Å². The smallest absolute Gasteiger partial charge is 0.220 e. The van der Waals surface area contributed by atoms with Gasteiger partial charge in [-0.25, -0.2) is 0 Å². The largest absolute Gasteiger partial charge is 0.356 e. The minimum absolute atomic E-state index is 0.253. The first kappa shape index (κ1) is 17.0. The molecule has 1 N–H and O–H groups in total. The summed E-state index contributed by atoms with van der Waals surface area (Å²) in [5.74, 6) is 0.253. The minimum atomic E-state index is 0.253. The fourth-order valence-electron chi connectivity index (χ4n) is 2.92. The quantitative estimate of drug-likeness (QED) is 0.451. The van der Waals surface area contributed by atoms with Gasteiger partial charge in [0.05, 0.1) is 0 Å². The lowest BCUT2D eigenvalue weighted by Gasteiger charge is -2.26. The second-order valence-corrected chi connectivity index (χ2v) is 6.70. The third-order valence-electron chi connectivity index (χ3n) is 4.37. The van der Waals surface area contributed by atoms with Gasteiger partial charge in [-0.15, -0.1) is 0 Å². The molecule has 0 bridgehead atoms. The van der Waals surface area contributed by atoms with E-state index in [1.807, 2.05) is 0 Å². The van der Waals surface area contributed by atoms with Gasteiger partial charge in [0.2, 0.25) is 5.91 Å². The molecule has 0 unspecified atom stereocenters. The van der Waals surface area contributed by atoms with Crippen LogP contribution in [0.15, 0.2) is 0 Å². The molecule has 1 aliphatic rings. The van der Waals surface area contributed by atoms with Crippen LogP contribution in [0.3, 0.4) is 0 Å². The van der Waals surface area contributed by atoms with Crippen molar-refractivity contribution in [1.82, 2.24) is 5.32 Å². The lowest BCUT2D eigenvalue weighted by atomic mass is 9.89. The van der Waals surface area contributed by atoms with Crippen molar-refractivity contribution in [2.45, 2.75) is 77.6 Å². The van der Waals surface area contributed by atoms with Gasteiger partial charge < -0.3 is 5.32 Å². The SMILES string of the molecule is CCCCCCCCC(=O)NCC1(CBr)CCCC1. The maximum atomic E-state index is 11.8. The summed E-state index contributed by atoms with van der Waals surface area (Å²) in [5.41, 5.74) is 0.344. The normalized spacial score (nSPS) is 17.6. The molecule has 0 aliphatic heterocycles. The van der Waals surface area contributed by atoms with Crippen LogP contribution < -0.4 is 5.32 Å². The molecule has 0 atom stereocenters. The highest BCUT2D eigenvalue weighted by Crippen LogP contribution is 2.38. The first-order valence-corrected chi connectivity index (χ1v) is 9.17. The summed E-state index contributed by atoms with van der Waals surface area (Å²) in [6.45, 7) is 3.10. The average molecular weight is 332 g/mol. The predicted octanol–water partition coefficient (Wildman–Crippen LogP) is 4.81. The number of hydrogen-bond donors (Lipinski definition) is 1. The van der Waals surface area contributed by atoms with Crippen LogP contribution in [0.2, 0.25) is 0 Å². The van der Waals surface area contributed by atoms with Crippen LogP contribution in [-0.4, -0.2) is 17.8 Å². The Kier molecular flexibility index (Phi) is 8.76. The van der Waals surface area contributed by atoms with Gasteiger partial charge >= 0.3 is 0 Å². The van der Waals surface area contributed by atoms with Gasteiger partial charge in [0.25, 0.3) is 0 Å². The van der Waals surface area contributed by atoms with Crippen molar-refractivity contribution in [2.75, 3.05) is 11.9 Å². The Balaban J connectivity index is 2.04. The fourth-order valence-corrected chi connectivity index (χ4v) is 3.68. The van der Waals surface area contributed by atoms with Gasteiger partial charge in [0.15, 0.2) is 0 Å². The number of unbranched alkanes of at least 4 members (excludes halogenated alkanes) is 5. The minimum Gasteiger partial charge on any atom is -0.356 e. The Labute approximate surface area is 127 Å². The van der Waals surface area contributed by atoms with Crippen LogP contribution in [0.4, 0.5) is 0 Å². The van der Waals surface area contributed by atoms with E-state index in [9.17, 15) is 4.79 Å². The first-order chi connectivity index (χ1) is 9.22. The summed E-state index contributed by atoms with van der Waals surface area (Å²) in [6, 6.07) is 0. The molecule has 1 rings (SSSR count). The molecule has 0 aromatic rings. The van der Waals surface area contributed by atoms with Crippen LogP contribution in [0.5, 0.6) is 0 Å². The number of amides is 1. The Morgan fingerprint density at radius 2 is 1.74 bits per heavy atom. The van der Waals surface area contributed by atoms with Gasteiger partial charge in [-0.1, -0.05) is 67.8 Å². The van der Waals surface area contributed by atoms with Crippen molar-refractivity contribution in [3.8, 4) is 0 Å². The molecule has 1 saturated carbocycles. The molecule has 0 heterocycles. The second-order valence-electron chi connectivity index (χ2n) is 6.14. The van der Waals surface area contributed by atoms with Crippen molar-refractivity contribution in [2.24, 2.45) is 5.41 Å². The van der Waals surface area contributed by atoms with Gasteiger partial charge in [-0.05, 0) is 24.7 Å². The topological polar surface area (TPSA) is 29.1 Å². The van der Waals surface area contributed by atoms with Gasteiger partial charge in [-0.3, -0.25) is 4.79 Å². The maximum absolute atomic E-state index is 11.8. The zero-order valence-electron chi connectivity index (χ0n) is 12.5. The number of hydrogen-bond acceptors (Lipinski definition) is 1. The number of nitrogens with one attached hydrogen (secondary N) is 1. The van der Waals surface area contributed by atoms with Gasteiger partial charge in [0.1, 0.15) is 0 Å². The number of alkyl halides is 1. The van der Waals surface area contributed by atoms with E-state index in [1.54, 1.807) is 0 Å². The number of carbonyl (C=O) groups is 1. The predicted molar refractivity (Wildman–Crippen MR) is 85.7 cm³/mol. The molecule has 112 valence electrons. The highest BCUT2D eigenvalue weighted by atomic mass is 79.9. The van der Waals surface area contributed by atoms with E-state index in [4.69, 9.17) is 0 Å². The van der Waals surface area contributed by atoms with E-state index in [-0.39, 0.29) is 5.91 Å². The third-order valence-corrected chi connectivity index (χ3v) is 5.56. The number of carbonyl (C=O) groups excluding carboxylic acids is 1. The first-order valence-electron chi connectivity index (χ1n) is 8.05. The highest BCUT2D eigenvalue weighted by Gasteiger charge is 2.32. The molecule has 2 nitrogen and oxygen atoms in total. The monoisotopic (exact) mass is 331 g/mol. The lowest BCUT2D eigenvalue weighted by Crippen LogP contribution is -2.36. The van der Waals surface area contributed by atoms with Crippen molar-refractivity contribution in [1.29, 1.82) is 0 Å². The third kappa shape index (κ3) is 6.78. The van der Waals surface area contributed by atoms with Crippen LogP contribution >= 0.6 is 15.9 Å². The lowest BCUT2D eigenvalue weighted by molar-refractivity contribution is -0.121. The van der Waals surface area contributed by atoms with Crippen molar-refractivity contribution in [3.63, 3.8) is 0 Å². The molecule has 3 heteroatoms. The Morgan fingerprint density at radius 1 is 1.11 bits per heavy atom. The van der Waals surface area contributed by atoms with Crippen molar-refractivity contribution in [3.05, 3.63) is 0 Å². The standard InChI is InChI=1S/C16H30BrNO/c1-2-3-4-5-6-7-10-15(19)18-14-16(13-17)11-8-9-12-16/h2-14H2,1H3,(H,18,19). The molecular weight excluding hydrogens is 302 g/mol. The molecule has 0 aromatic heterocycles. The molecule has 0 radical (unpaired) electrons. The Hall–Kier alpha value is -0.0500. The molecule has 1 aliphatic carbocycles. The van der Waals surface area contributed by atoms with Crippen LogP contribution in [-0.2, 0) is 4.79 Å². The molecule has 1 amide bonds. The van der Waals surface area contributed by atoms with Crippen LogP contribution in [0.1, 0.15) is 77.6 Å². The van der Waals surface area contributed by atoms with E-state index < -0.39 is 0 Å². The average Bonchev–Trinajstić information content (AvgIpc) is 2.90. The fraction of sp³-hybridized carbons (Fsp3) is 0.938. The van der Waals surface area contributed by atoms with E-state index in [0.717, 1.165) is 18.3 Å². The van der Waals surface area contributed by atoms with Crippen molar-refractivity contribution >= 4 is 21.8 Å². The Bertz CT molecular complexity index is 249. The maximum Gasteiger partial charge on any atom is 0.220 e. The van der Waals surface area contributed by atoms with E-state index >= 15 is 0 Å². The molecule has 0 aromatic carbocycles. The van der Waals surface area contributed by atoms with E-state index in [2.05, 4.69) is 28.2 Å². The zero-order chi connectivity index (χ0) is 14.0. The summed E-state index contributed by atoms with van der Waals surface area (Å²) >= 11 is 3.62. The summed E-state index contributed by atoms with van der Waals surface area (Å²) in [5, 5.41) is 4.17. The highest BCUT2D eigenvalue weighted by molar-refractivity contribution is 9.09. The second kappa shape index (κ2) is 9.79. The Morgan fingerprint density at radius 3 is 2.37 bits per heavy atom. The summed E-state index contributed by atoms with van der Waals surface area (Å²) in [7, 11) is 0. The molecule has 19 heavy (non-hydrogen) atoms. The van der Waals surface area contributed by atoms with Crippen LogP contribution in [0, 0.1) is 5.41 Å².